The zero-order valence-electron chi connectivity index (χ0n) is 12.7. The molecule has 2 amide bonds. The van der Waals surface area contributed by atoms with Gasteiger partial charge in [0.15, 0.2) is 0 Å². The van der Waals surface area contributed by atoms with E-state index in [0.717, 1.165) is 12.2 Å². The second-order valence-corrected chi connectivity index (χ2v) is 6.29. The zero-order valence-corrected chi connectivity index (χ0v) is 12.7. The molecule has 1 N–H and O–H groups in total. The van der Waals surface area contributed by atoms with Crippen molar-refractivity contribution in [3.05, 3.63) is 29.3 Å². The Bertz CT molecular complexity index is 578. The molecule has 0 bridgehead atoms. The number of amides is 2. The Kier molecular flexibility index (Phi) is 3.70. The molecular weight excluding hydrogens is 264 g/mol. The molecule has 0 spiro atoms. The SMILES string of the molecule is Cc1ccc(N2CC[C@@H](C(=O)NCC3CC3)C2=O)cc1C. The Morgan fingerprint density at radius 3 is 2.67 bits per heavy atom. The summed E-state index contributed by atoms with van der Waals surface area (Å²) in [6.45, 7) is 5.45. The van der Waals surface area contributed by atoms with Crippen LogP contribution in [0.1, 0.15) is 30.4 Å². The molecule has 4 nitrogen and oxygen atoms in total. The Hall–Kier alpha value is -1.84. The van der Waals surface area contributed by atoms with E-state index >= 15 is 0 Å². The minimum absolute atomic E-state index is 0.0634. The molecule has 1 heterocycles. The third-order valence-corrected chi connectivity index (χ3v) is 4.59. The van der Waals surface area contributed by atoms with Crippen molar-refractivity contribution in [2.45, 2.75) is 33.1 Å². The maximum Gasteiger partial charge on any atom is 0.239 e. The molecule has 2 aliphatic rings. The summed E-state index contributed by atoms with van der Waals surface area (Å²) in [7, 11) is 0. The van der Waals surface area contributed by atoms with Gasteiger partial charge in [0.2, 0.25) is 11.8 Å². The fourth-order valence-corrected chi connectivity index (χ4v) is 2.76. The van der Waals surface area contributed by atoms with E-state index in [1.807, 2.05) is 25.1 Å². The normalized spacial score (nSPS) is 21.7. The van der Waals surface area contributed by atoms with Gasteiger partial charge >= 0.3 is 0 Å². The van der Waals surface area contributed by atoms with Gasteiger partial charge in [0, 0.05) is 18.8 Å². The van der Waals surface area contributed by atoms with Crippen molar-refractivity contribution in [1.82, 2.24) is 5.32 Å². The van der Waals surface area contributed by atoms with Crippen molar-refractivity contribution in [3.63, 3.8) is 0 Å². The van der Waals surface area contributed by atoms with Crippen LogP contribution in [0.3, 0.4) is 0 Å². The van der Waals surface area contributed by atoms with E-state index in [1.54, 1.807) is 4.90 Å². The maximum atomic E-state index is 12.5. The van der Waals surface area contributed by atoms with Crippen LogP contribution < -0.4 is 10.2 Å². The van der Waals surface area contributed by atoms with Gasteiger partial charge < -0.3 is 10.2 Å². The summed E-state index contributed by atoms with van der Waals surface area (Å²) >= 11 is 0. The third kappa shape index (κ3) is 2.94. The van der Waals surface area contributed by atoms with Gasteiger partial charge in [-0.25, -0.2) is 0 Å². The molecule has 21 heavy (non-hydrogen) atoms. The molecule has 1 aliphatic carbocycles. The molecule has 2 fully saturated rings. The van der Waals surface area contributed by atoms with Crippen LogP contribution in [0.4, 0.5) is 5.69 Å². The summed E-state index contributed by atoms with van der Waals surface area (Å²) in [5.74, 6) is -0.0311. The highest BCUT2D eigenvalue weighted by atomic mass is 16.2. The van der Waals surface area contributed by atoms with Crippen LogP contribution in [0.2, 0.25) is 0 Å². The van der Waals surface area contributed by atoms with Crippen LogP contribution in [0, 0.1) is 25.7 Å². The van der Waals surface area contributed by atoms with Gasteiger partial charge in [0.05, 0.1) is 0 Å². The Balaban J connectivity index is 1.67. The highest BCUT2D eigenvalue weighted by Crippen LogP contribution is 2.29. The van der Waals surface area contributed by atoms with Crippen LogP contribution in [0.5, 0.6) is 0 Å². The van der Waals surface area contributed by atoms with E-state index in [9.17, 15) is 9.59 Å². The molecule has 1 atom stereocenters. The van der Waals surface area contributed by atoms with Crippen LogP contribution in [-0.2, 0) is 9.59 Å². The molecule has 0 aromatic heterocycles. The van der Waals surface area contributed by atoms with E-state index in [1.165, 1.54) is 24.0 Å². The minimum atomic E-state index is -0.509. The van der Waals surface area contributed by atoms with Crippen molar-refractivity contribution < 1.29 is 9.59 Å². The number of nitrogens with zero attached hydrogens (tertiary/aromatic N) is 1. The van der Waals surface area contributed by atoms with Gasteiger partial charge in [-0.2, -0.15) is 0 Å². The number of anilines is 1. The average Bonchev–Trinajstić information content (AvgIpc) is 3.21. The highest BCUT2D eigenvalue weighted by Gasteiger charge is 2.38. The van der Waals surface area contributed by atoms with Crippen LogP contribution in [0.15, 0.2) is 18.2 Å². The highest BCUT2D eigenvalue weighted by molar-refractivity contribution is 6.09. The van der Waals surface area contributed by atoms with Gasteiger partial charge in [0.25, 0.3) is 0 Å². The van der Waals surface area contributed by atoms with Crippen molar-refractivity contribution >= 4 is 17.5 Å². The van der Waals surface area contributed by atoms with Gasteiger partial charge in [-0.1, -0.05) is 6.07 Å². The van der Waals surface area contributed by atoms with Gasteiger partial charge in [-0.05, 0) is 62.3 Å². The number of carbonyl (C=O) groups is 2. The topological polar surface area (TPSA) is 49.4 Å². The minimum Gasteiger partial charge on any atom is -0.355 e. The van der Waals surface area contributed by atoms with Crippen molar-refractivity contribution in [1.29, 1.82) is 0 Å². The quantitative estimate of drug-likeness (QED) is 0.863. The fraction of sp³-hybridized carbons (Fsp3) is 0.529. The molecule has 1 aromatic rings. The Morgan fingerprint density at radius 1 is 1.24 bits per heavy atom. The van der Waals surface area contributed by atoms with Crippen molar-refractivity contribution in [2.24, 2.45) is 11.8 Å². The summed E-state index contributed by atoms with van der Waals surface area (Å²) in [6.07, 6.45) is 3.02. The van der Waals surface area contributed by atoms with Gasteiger partial charge in [0.1, 0.15) is 5.92 Å². The third-order valence-electron chi connectivity index (χ3n) is 4.59. The molecule has 3 rings (SSSR count). The van der Waals surface area contributed by atoms with E-state index in [4.69, 9.17) is 0 Å². The van der Waals surface area contributed by atoms with Gasteiger partial charge in [-0.3, -0.25) is 9.59 Å². The number of rotatable bonds is 4. The standard InChI is InChI=1S/C17H22N2O2/c1-11-3-6-14(9-12(11)2)19-8-7-15(17(19)21)16(20)18-10-13-4-5-13/h3,6,9,13,15H,4-5,7-8,10H2,1-2H3,(H,18,20)/t15-/m0/s1. The Morgan fingerprint density at radius 2 is 2.00 bits per heavy atom. The van der Waals surface area contributed by atoms with Crippen molar-refractivity contribution in [2.75, 3.05) is 18.0 Å². The number of aryl methyl sites for hydroxylation is 2. The number of nitrogens with one attached hydrogen (secondary N) is 1. The predicted molar refractivity (Wildman–Crippen MR) is 82.1 cm³/mol. The smallest absolute Gasteiger partial charge is 0.239 e. The van der Waals surface area contributed by atoms with Crippen LogP contribution in [0.25, 0.3) is 0 Å². The second-order valence-electron chi connectivity index (χ2n) is 6.29. The van der Waals surface area contributed by atoms with E-state index in [2.05, 4.69) is 12.2 Å². The van der Waals surface area contributed by atoms with Crippen LogP contribution >= 0.6 is 0 Å². The molecular formula is C17H22N2O2. The lowest BCUT2D eigenvalue weighted by Gasteiger charge is -2.18. The monoisotopic (exact) mass is 286 g/mol. The lowest BCUT2D eigenvalue weighted by atomic mass is 10.1. The zero-order chi connectivity index (χ0) is 15.0. The van der Waals surface area contributed by atoms with E-state index in [0.29, 0.717) is 18.9 Å². The molecule has 1 saturated heterocycles. The molecule has 1 aliphatic heterocycles. The molecule has 0 unspecified atom stereocenters. The molecule has 112 valence electrons. The number of hydrogen-bond acceptors (Lipinski definition) is 2. The average molecular weight is 286 g/mol. The second kappa shape index (κ2) is 5.51. The fourth-order valence-electron chi connectivity index (χ4n) is 2.76. The maximum absolute atomic E-state index is 12.5. The first kappa shape index (κ1) is 14.1. The first-order valence-corrected chi connectivity index (χ1v) is 7.72. The largest absolute Gasteiger partial charge is 0.355 e. The van der Waals surface area contributed by atoms with E-state index < -0.39 is 5.92 Å². The van der Waals surface area contributed by atoms with E-state index in [-0.39, 0.29) is 11.8 Å². The first-order chi connectivity index (χ1) is 10.1. The molecule has 1 saturated carbocycles. The summed E-state index contributed by atoms with van der Waals surface area (Å²) < 4.78 is 0. The summed E-state index contributed by atoms with van der Waals surface area (Å²) in [5, 5.41) is 2.92. The predicted octanol–water partition coefficient (Wildman–Crippen LogP) is 2.18. The van der Waals surface area contributed by atoms with Crippen LogP contribution in [-0.4, -0.2) is 24.9 Å². The van der Waals surface area contributed by atoms with Gasteiger partial charge in [-0.15, -0.1) is 0 Å². The Labute approximate surface area is 125 Å². The first-order valence-electron chi connectivity index (χ1n) is 7.72. The number of hydrogen-bond donors (Lipinski definition) is 1. The molecule has 1 aromatic carbocycles. The lowest BCUT2D eigenvalue weighted by Crippen LogP contribution is -2.37. The lowest BCUT2D eigenvalue weighted by molar-refractivity contribution is -0.132. The molecule has 4 heteroatoms. The summed E-state index contributed by atoms with van der Waals surface area (Å²) in [5.41, 5.74) is 3.28. The van der Waals surface area contributed by atoms with Crippen molar-refractivity contribution in [3.8, 4) is 0 Å². The summed E-state index contributed by atoms with van der Waals surface area (Å²) in [4.78, 5) is 26.3. The number of carbonyl (C=O) groups excluding carboxylic acids is 2. The number of benzene rings is 1. The molecule has 0 radical (unpaired) electrons. The summed E-state index contributed by atoms with van der Waals surface area (Å²) in [6, 6.07) is 6.01.